The Balaban J connectivity index is 4.40. The van der Waals surface area contributed by atoms with Crippen molar-refractivity contribution in [3.63, 3.8) is 0 Å². The van der Waals surface area contributed by atoms with Crippen LogP contribution in [0.1, 0.15) is 40.0 Å². The van der Waals surface area contributed by atoms with Gasteiger partial charge in [0.1, 0.15) is 6.04 Å². The van der Waals surface area contributed by atoms with E-state index in [1.54, 1.807) is 7.11 Å². The van der Waals surface area contributed by atoms with Crippen LogP contribution in [0.15, 0.2) is 0 Å². The average Bonchev–Trinajstić information content (AvgIpc) is 2.40. The number of aliphatic carboxylic acids is 1. The first kappa shape index (κ1) is 18.4. The molecule has 5 heteroatoms. The van der Waals surface area contributed by atoms with E-state index in [9.17, 15) is 4.79 Å². The highest BCUT2D eigenvalue weighted by atomic mass is 16.5. The molecule has 0 aromatic carbocycles. The maximum absolute atomic E-state index is 11.1. The Hall–Kier alpha value is -0.650. The van der Waals surface area contributed by atoms with Gasteiger partial charge < -0.3 is 15.2 Å². The lowest BCUT2D eigenvalue weighted by Gasteiger charge is -2.31. The highest BCUT2D eigenvalue weighted by molar-refractivity contribution is 5.73. The van der Waals surface area contributed by atoms with E-state index in [1.807, 2.05) is 6.92 Å². The number of hydrogen-bond acceptors (Lipinski definition) is 4. The quantitative estimate of drug-likeness (QED) is 0.566. The largest absolute Gasteiger partial charge is 0.480 e. The van der Waals surface area contributed by atoms with Crippen LogP contribution >= 0.6 is 0 Å². The third-order valence-corrected chi connectivity index (χ3v) is 3.50. The van der Waals surface area contributed by atoms with Gasteiger partial charge in [-0.15, -0.1) is 0 Å². The van der Waals surface area contributed by atoms with Crippen LogP contribution in [0.3, 0.4) is 0 Å². The lowest BCUT2D eigenvalue weighted by atomic mass is 10.1. The Kier molecular flexibility index (Phi) is 10.8. The van der Waals surface area contributed by atoms with Crippen molar-refractivity contribution in [2.75, 3.05) is 33.4 Å². The predicted molar refractivity (Wildman–Crippen MR) is 77.5 cm³/mol. The van der Waals surface area contributed by atoms with Crippen molar-refractivity contribution in [2.45, 2.75) is 52.1 Å². The van der Waals surface area contributed by atoms with Crippen LogP contribution in [0.5, 0.6) is 0 Å². The average molecular weight is 274 g/mol. The molecule has 0 saturated heterocycles. The van der Waals surface area contributed by atoms with Gasteiger partial charge in [-0.2, -0.15) is 0 Å². The zero-order valence-electron chi connectivity index (χ0n) is 12.8. The Bertz CT molecular complexity index is 233. The molecular weight excluding hydrogens is 244 g/mol. The van der Waals surface area contributed by atoms with Gasteiger partial charge in [-0.3, -0.25) is 9.69 Å². The highest BCUT2D eigenvalue weighted by Gasteiger charge is 2.20. The van der Waals surface area contributed by atoms with E-state index in [-0.39, 0.29) is 0 Å². The summed E-state index contributed by atoms with van der Waals surface area (Å²) in [5, 5.41) is 12.2. The molecule has 1 unspecified atom stereocenters. The summed E-state index contributed by atoms with van der Waals surface area (Å²) in [5.41, 5.74) is 0. The van der Waals surface area contributed by atoms with E-state index in [1.165, 1.54) is 0 Å². The van der Waals surface area contributed by atoms with Crippen LogP contribution < -0.4 is 5.32 Å². The third kappa shape index (κ3) is 7.50. The Morgan fingerprint density at radius 3 is 2.32 bits per heavy atom. The summed E-state index contributed by atoms with van der Waals surface area (Å²) in [5.74, 6) is -0.766. The van der Waals surface area contributed by atoms with E-state index >= 15 is 0 Å². The number of carbonyl (C=O) groups is 1. The number of carboxylic acid groups (broad SMARTS) is 1. The van der Waals surface area contributed by atoms with Crippen LogP contribution in [-0.2, 0) is 9.53 Å². The molecule has 114 valence electrons. The molecular formula is C14H30N2O3. The molecule has 19 heavy (non-hydrogen) atoms. The van der Waals surface area contributed by atoms with Crippen LogP contribution in [-0.4, -0.2) is 61.4 Å². The van der Waals surface area contributed by atoms with Gasteiger partial charge in [0.2, 0.25) is 0 Å². The summed E-state index contributed by atoms with van der Waals surface area (Å²) < 4.78 is 5.14. The van der Waals surface area contributed by atoms with Gasteiger partial charge in [-0.25, -0.2) is 0 Å². The third-order valence-electron chi connectivity index (χ3n) is 3.50. The molecule has 1 atom stereocenters. The van der Waals surface area contributed by atoms with E-state index in [0.717, 1.165) is 25.9 Å². The number of nitrogens with one attached hydrogen (secondary N) is 1. The van der Waals surface area contributed by atoms with Gasteiger partial charge in [-0.1, -0.05) is 20.8 Å². The van der Waals surface area contributed by atoms with Crippen molar-refractivity contribution in [3.8, 4) is 0 Å². The minimum absolute atomic E-state index is 0.454. The first-order valence-corrected chi connectivity index (χ1v) is 7.29. The van der Waals surface area contributed by atoms with Gasteiger partial charge in [-0.05, 0) is 25.8 Å². The Morgan fingerprint density at radius 1 is 1.26 bits per heavy atom. The van der Waals surface area contributed by atoms with Gasteiger partial charge >= 0.3 is 5.97 Å². The molecule has 0 rings (SSSR count). The van der Waals surface area contributed by atoms with Crippen molar-refractivity contribution in [2.24, 2.45) is 0 Å². The molecule has 0 fully saturated rings. The molecule has 0 radical (unpaired) electrons. The molecule has 0 saturated carbocycles. The van der Waals surface area contributed by atoms with Gasteiger partial charge in [0.05, 0.1) is 6.61 Å². The zero-order valence-corrected chi connectivity index (χ0v) is 12.8. The summed E-state index contributed by atoms with van der Waals surface area (Å²) in [4.78, 5) is 13.5. The summed E-state index contributed by atoms with van der Waals surface area (Å²) in [7, 11) is 1.70. The van der Waals surface area contributed by atoms with Crippen molar-refractivity contribution in [1.29, 1.82) is 0 Å². The summed E-state index contributed by atoms with van der Waals surface area (Å²) in [6, 6.07) is 0.0515. The fourth-order valence-corrected chi connectivity index (χ4v) is 2.34. The first-order valence-electron chi connectivity index (χ1n) is 7.29. The Labute approximate surface area is 117 Å². The molecule has 0 aliphatic carbocycles. The number of rotatable bonds is 12. The molecule has 0 aliphatic rings. The fraction of sp³-hybridized carbons (Fsp3) is 0.929. The zero-order chi connectivity index (χ0) is 14.7. The van der Waals surface area contributed by atoms with Gasteiger partial charge in [0.15, 0.2) is 0 Å². The van der Waals surface area contributed by atoms with E-state index in [0.29, 0.717) is 25.6 Å². The molecule has 2 N–H and O–H groups in total. The molecule has 0 aromatic heterocycles. The topological polar surface area (TPSA) is 61.8 Å². The van der Waals surface area contributed by atoms with Crippen LogP contribution in [0.25, 0.3) is 0 Å². The molecule has 0 aliphatic heterocycles. The summed E-state index contributed by atoms with van der Waals surface area (Å²) in [6.07, 6.45) is 2.79. The minimum atomic E-state index is -0.766. The predicted octanol–water partition coefficient (Wildman–Crippen LogP) is 1.58. The van der Waals surface area contributed by atoms with Crippen molar-refractivity contribution < 1.29 is 14.6 Å². The second-order valence-corrected chi connectivity index (χ2v) is 4.74. The lowest BCUT2D eigenvalue weighted by molar-refractivity contribution is -0.139. The second kappa shape index (κ2) is 11.2. The monoisotopic (exact) mass is 274 g/mol. The van der Waals surface area contributed by atoms with Crippen molar-refractivity contribution >= 4 is 5.97 Å². The summed E-state index contributed by atoms with van der Waals surface area (Å²) in [6.45, 7) is 9.30. The van der Waals surface area contributed by atoms with Crippen molar-refractivity contribution in [1.82, 2.24) is 10.2 Å². The van der Waals surface area contributed by atoms with E-state index in [2.05, 4.69) is 24.1 Å². The van der Waals surface area contributed by atoms with Crippen LogP contribution in [0, 0.1) is 0 Å². The standard InChI is InChI=1S/C14H30N2O3/c1-5-12(6-2)16(10-11-19-4)9-8-13(14(17)18)15-7-3/h12-13,15H,5-11H2,1-4H3,(H,17,18). The normalized spacial score (nSPS) is 13.2. The molecule has 0 aromatic rings. The van der Waals surface area contributed by atoms with Gasteiger partial charge in [0.25, 0.3) is 0 Å². The van der Waals surface area contributed by atoms with E-state index < -0.39 is 12.0 Å². The van der Waals surface area contributed by atoms with Gasteiger partial charge in [0, 0.05) is 26.2 Å². The number of methoxy groups -OCH3 is 1. The molecule has 0 spiro atoms. The summed E-state index contributed by atoms with van der Waals surface area (Å²) >= 11 is 0. The Morgan fingerprint density at radius 2 is 1.89 bits per heavy atom. The molecule has 0 bridgehead atoms. The second-order valence-electron chi connectivity index (χ2n) is 4.74. The highest BCUT2D eigenvalue weighted by Crippen LogP contribution is 2.10. The SMILES string of the molecule is CCNC(CCN(CCOC)C(CC)CC)C(=O)O. The van der Waals surface area contributed by atoms with E-state index in [4.69, 9.17) is 9.84 Å². The molecule has 0 amide bonds. The van der Waals surface area contributed by atoms with Crippen LogP contribution in [0.2, 0.25) is 0 Å². The number of carboxylic acids is 1. The minimum Gasteiger partial charge on any atom is -0.480 e. The maximum Gasteiger partial charge on any atom is 0.320 e. The molecule has 5 nitrogen and oxygen atoms in total. The number of hydrogen-bond donors (Lipinski definition) is 2. The fourth-order valence-electron chi connectivity index (χ4n) is 2.34. The number of likely N-dealkylation sites (N-methyl/N-ethyl adjacent to an activating group) is 1. The number of ether oxygens (including phenoxy) is 1. The maximum atomic E-state index is 11.1. The smallest absolute Gasteiger partial charge is 0.320 e. The first-order chi connectivity index (χ1) is 9.10. The molecule has 0 heterocycles. The van der Waals surface area contributed by atoms with Crippen molar-refractivity contribution in [3.05, 3.63) is 0 Å². The van der Waals surface area contributed by atoms with Crippen LogP contribution in [0.4, 0.5) is 0 Å². The number of nitrogens with zero attached hydrogens (tertiary/aromatic N) is 1. The lowest BCUT2D eigenvalue weighted by Crippen LogP contribution is -2.43.